The van der Waals surface area contributed by atoms with Gasteiger partial charge in [-0.15, -0.1) is 0 Å². The number of hydrogen-bond donors (Lipinski definition) is 1. The van der Waals surface area contributed by atoms with Gasteiger partial charge in [0.05, 0.1) is 4.92 Å². The second kappa shape index (κ2) is 6.33. The van der Waals surface area contributed by atoms with Crippen LogP contribution in [0.25, 0.3) is 0 Å². The van der Waals surface area contributed by atoms with E-state index >= 15 is 0 Å². The predicted octanol–water partition coefficient (Wildman–Crippen LogP) is 3.04. The molecule has 1 aromatic carbocycles. The first-order chi connectivity index (χ1) is 8.66. The van der Waals surface area contributed by atoms with Crippen molar-refractivity contribution in [2.45, 2.75) is 12.8 Å². The van der Waals surface area contributed by atoms with Crippen molar-refractivity contribution in [3.63, 3.8) is 0 Å². The summed E-state index contributed by atoms with van der Waals surface area (Å²) in [6.45, 7) is 2.40. The average molecular weight is 362 g/mol. The van der Waals surface area contributed by atoms with E-state index < -0.39 is 0 Å². The first kappa shape index (κ1) is 13.5. The van der Waals surface area contributed by atoms with E-state index in [0.29, 0.717) is 11.6 Å². The Balaban J connectivity index is 1.93. The topological polar surface area (TPSA) is 64.4 Å². The fraction of sp³-hybridized carbons (Fsp3) is 0.500. The molecule has 1 N–H and O–H groups in total. The number of nitro benzene ring substituents is 1. The van der Waals surface area contributed by atoms with Gasteiger partial charge >= 0.3 is 0 Å². The van der Waals surface area contributed by atoms with Crippen molar-refractivity contribution in [3.8, 4) is 0 Å². The van der Waals surface area contributed by atoms with Crippen LogP contribution in [0.3, 0.4) is 0 Å². The number of hydrogen-bond acceptors (Lipinski definition) is 4. The maximum atomic E-state index is 10.9. The summed E-state index contributed by atoms with van der Waals surface area (Å²) in [4.78, 5) is 10.6. The van der Waals surface area contributed by atoms with Crippen molar-refractivity contribution in [2.24, 2.45) is 5.92 Å². The fourth-order valence-corrected chi connectivity index (χ4v) is 2.50. The molecule has 0 spiro atoms. The molecule has 1 heterocycles. The van der Waals surface area contributed by atoms with Crippen LogP contribution in [0.5, 0.6) is 0 Å². The molecule has 1 unspecified atom stereocenters. The Morgan fingerprint density at radius 1 is 1.56 bits per heavy atom. The molecule has 0 bridgehead atoms. The highest BCUT2D eigenvalue weighted by Crippen LogP contribution is 2.26. The lowest BCUT2D eigenvalue weighted by Gasteiger charge is -2.10. The van der Waals surface area contributed by atoms with Gasteiger partial charge in [-0.1, -0.05) is 0 Å². The molecule has 1 aromatic rings. The minimum Gasteiger partial charge on any atom is -0.381 e. The molecule has 98 valence electrons. The Hall–Kier alpha value is -0.890. The maximum absolute atomic E-state index is 10.9. The lowest BCUT2D eigenvalue weighted by Crippen LogP contribution is -2.10. The number of anilines is 1. The van der Waals surface area contributed by atoms with Crippen LogP contribution in [0.2, 0.25) is 0 Å². The van der Waals surface area contributed by atoms with Gasteiger partial charge in [-0.3, -0.25) is 10.1 Å². The van der Waals surface area contributed by atoms with Crippen LogP contribution in [0, 0.1) is 19.6 Å². The van der Waals surface area contributed by atoms with Crippen molar-refractivity contribution in [3.05, 3.63) is 31.9 Å². The highest BCUT2D eigenvalue weighted by molar-refractivity contribution is 14.1. The second-order valence-electron chi connectivity index (χ2n) is 4.36. The number of nitrogens with one attached hydrogen (secondary N) is 1. The number of rotatable bonds is 5. The molecule has 6 heteroatoms. The lowest BCUT2D eigenvalue weighted by molar-refractivity contribution is -0.384. The van der Waals surface area contributed by atoms with Crippen molar-refractivity contribution in [1.82, 2.24) is 0 Å². The van der Waals surface area contributed by atoms with Crippen LogP contribution in [-0.4, -0.2) is 24.7 Å². The molecule has 0 saturated carbocycles. The first-order valence-corrected chi connectivity index (χ1v) is 7.00. The molecular formula is C12H15IN2O3. The second-order valence-corrected chi connectivity index (χ2v) is 5.61. The molecule has 0 radical (unpaired) electrons. The van der Waals surface area contributed by atoms with E-state index in [0.717, 1.165) is 36.2 Å². The zero-order valence-electron chi connectivity index (χ0n) is 9.89. The number of benzene rings is 1. The fourth-order valence-electron chi connectivity index (χ4n) is 2.03. The SMILES string of the molecule is O=[N+]([O-])c1cc(I)ccc1NCCC1CCOC1. The third-order valence-electron chi connectivity index (χ3n) is 3.05. The Labute approximate surface area is 119 Å². The highest BCUT2D eigenvalue weighted by Gasteiger charge is 2.17. The van der Waals surface area contributed by atoms with E-state index in [1.807, 2.05) is 6.07 Å². The minimum absolute atomic E-state index is 0.143. The van der Waals surface area contributed by atoms with Gasteiger partial charge in [0, 0.05) is 29.4 Å². The van der Waals surface area contributed by atoms with Crippen LogP contribution >= 0.6 is 22.6 Å². The molecule has 1 fully saturated rings. The van der Waals surface area contributed by atoms with Gasteiger partial charge < -0.3 is 10.1 Å². The zero-order chi connectivity index (χ0) is 13.0. The van der Waals surface area contributed by atoms with E-state index in [1.54, 1.807) is 12.1 Å². The summed E-state index contributed by atoms with van der Waals surface area (Å²) >= 11 is 2.08. The molecule has 1 atom stereocenters. The van der Waals surface area contributed by atoms with E-state index in [4.69, 9.17) is 4.74 Å². The van der Waals surface area contributed by atoms with Gasteiger partial charge in [0.2, 0.25) is 0 Å². The number of ether oxygens (including phenoxy) is 1. The van der Waals surface area contributed by atoms with Crippen LogP contribution in [0.4, 0.5) is 11.4 Å². The van der Waals surface area contributed by atoms with Crippen molar-refractivity contribution >= 4 is 34.0 Å². The third kappa shape index (κ3) is 3.55. The number of nitrogens with zero attached hydrogens (tertiary/aromatic N) is 1. The molecule has 2 rings (SSSR count). The van der Waals surface area contributed by atoms with Crippen LogP contribution in [-0.2, 0) is 4.74 Å². The summed E-state index contributed by atoms with van der Waals surface area (Å²) in [5.74, 6) is 0.584. The van der Waals surface area contributed by atoms with Crippen molar-refractivity contribution in [2.75, 3.05) is 25.1 Å². The van der Waals surface area contributed by atoms with Gasteiger partial charge in [-0.25, -0.2) is 0 Å². The molecule has 0 aliphatic carbocycles. The first-order valence-electron chi connectivity index (χ1n) is 5.92. The molecule has 18 heavy (non-hydrogen) atoms. The monoisotopic (exact) mass is 362 g/mol. The molecule has 1 aliphatic rings. The van der Waals surface area contributed by atoms with Gasteiger partial charge in [-0.05, 0) is 53.5 Å². The van der Waals surface area contributed by atoms with Crippen LogP contribution < -0.4 is 5.32 Å². The van der Waals surface area contributed by atoms with E-state index in [9.17, 15) is 10.1 Å². The van der Waals surface area contributed by atoms with Gasteiger partial charge in [0.1, 0.15) is 5.69 Å². The summed E-state index contributed by atoms with van der Waals surface area (Å²) < 4.78 is 6.17. The summed E-state index contributed by atoms with van der Waals surface area (Å²) in [7, 11) is 0. The van der Waals surface area contributed by atoms with Crippen molar-refractivity contribution < 1.29 is 9.66 Å². The molecular weight excluding hydrogens is 347 g/mol. The molecule has 1 aliphatic heterocycles. The summed E-state index contributed by atoms with van der Waals surface area (Å²) in [6.07, 6.45) is 2.08. The Morgan fingerprint density at radius 2 is 2.39 bits per heavy atom. The number of nitro groups is 1. The molecule has 5 nitrogen and oxygen atoms in total. The molecule has 1 saturated heterocycles. The standard InChI is InChI=1S/C12H15IN2O3/c13-10-1-2-11(12(7-10)15(16)17)14-5-3-9-4-6-18-8-9/h1-2,7,9,14H,3-6,8H2. The highest BCUT2D eigenvalue weighted by atomic mass is 127. The zero-order valence-corrected chi connectivity index (χ0v) is 12.1. The molecule has 0 amide bonds. The largest absolute Gasteiger partial charge is 0.381 e. The van der Waals surface area contributed by atoms with Crippen molar-refractivity contribution in [1.29, 1.82) is 0 Å². The van der Waals surface area contributed by atoms with Gasteiger partial charge in [0.15, 0.2) is 0 Å². The third-order valence-corrected chi connectivity index (χ3v) is 3.72. The Bertz CT molecular complexity index is 433. The van der Waals surface area contributed by atoms with E-state index in [1.165, 1.54) is 0 Å². The number of halogens is 1. The summed E-state index contributed by atoms with van der Waals surface area (Å²) in [5, 5.41) is 14.1. The summed E-state index contributed by atoms with van der Waals surface area (Å²) in [6, 6.07) is 5.22. The lowest BCUT2D eigenvalue weighted by atomic mass is 10.1. The average Bonchev–Trinajstić information content (AvgIpc) is 2.84. The quantitative estimate of drug-likeness (QED) is 0.497. The smallest absolute Gasteiger partial charge is 0.293 e. The summed E-state index contributed by atoms with van der Waals surface area (Å²) in [5.41, 5.74) is 0.740. The minimum atomic E-state index is -0.344. The van der Waals surface area contributed by atoms with Gasteiger partial charge in [-0.2, -0.15) is 0 Å². The van der Waals surface area contributed by atoms with E-state index in [2.05, 4.69) is 27.9 Å². The van der Waals surface area contributed by atoms with E-state index in [-0.39, 0.29) is 10.6 Å². The van der Waals surface area contributed by atoms with Crippen LogP contribution in [0.1, 0.15) is 12.8 Å². The normalized spacial score (nSPS) is 18.8. The predicted molar refractivity (Wildman–Crippen MR) is 77.8 cm³/mol. The van der Waals surface area contributed by atoms with Crippen LogP contribution in [0.15, 0.2) is 18.2 Å². The molecule has 0 aromatic heterocycles. The Kier molecular flexibility index (Phi) is 4.76. The maximum Gasteiger partial charge on any atom is 0.293 e. The van der Waals surface area contributed by atoms with Gasteiger partial charge in [0.25, 0.3) is 5.69 Å². The Morgan fingerprint density at radius 3 is 3.06 bits per heavy atom.